The molecule has 0 saturated carbocycles. The number of fused-ring (bicyclic) bond motifs is 2. The van der Waals surface area contributed by atoms with Gasteiger partial charge in [-0.15, -0.1) is 0 Å². The third-order valence-corrected chi connectivity index (χ3v) is 7.51. The molecule has 154 valence electrons. The first kappa shape index (κ1) is 19.9. The number of ether oxygens (including phenoxy) is 1. The molecule has 1 aromatic carbocycles. The van der Waals surface area contributed by atoms with Gasteiger partial charge in [0.15, 0.2) is 0 Å². The molecule has 1 aromatic heterocycles. The zero-order valence-electron chi connectivity index (χ0n) is 16.0. The van der Waals surface area contributed by atoms with Crippen molar-refractivity contribution in [3.05, 3.63) is 48.4 Å². The molecular weight excluding hydrogens is 397 g/mol. The number of carbonyl (C=O) groups is 1. The fourth-order valence-electron chi connectivity index (χ4n) is 4.20. The highest BCUT2D eigenvalue weighted by Gasteiger charge is 2.60. The standard InChI is InChI=1S/C20H22FN3O4S/c1-2-28-19(25)20-9-8-16(11-22-13-20)24(20)29(26,27)17-6-7-18(23-12-17)14-4-3-5-15(21)10-14/h3-7,10,12,16,22H,2,8-9,11,13H2,1H3. The van der Waals surface area contributed by atoms with E-state index < -0.39 is 27.3 Å². The Hall–Kier alpha value is -2.36. The first-order chi connectivity index (χ1) is 13.9. The molecule has 7 nitrogen and oxygen atoms in total. The molecule has 2 atom stereocenters. The second-order valence-corrected chi connectivity index (χ2v) is 9.08. The van der Waals surface area contributed by atoms with Gasteiger partial charge in [0, 0.05) is 30.9 Å². The monoisotopic (exact) mass is 419 g/mol. The maximum atomic E-state index is 13.5. The van der Waals surface area contributed by atoms with E-state index in [1.807, 2.05) is 0 Å². The van der Waals surface area contributed by atoms with Crippen molar-refractivity contribution in [2.24, 2.45) is 0 Å². The lowest BCUT2D eigenvalue weighted by Gasteiger charge is -2.41. The second-order valence-electron chi connectivity index (χ2n) is 7.27. The number of carbonyl (C=O) groups excluding carboxylic acids is 1. The van der Waals surface area contributed by atoms with Crippen molar-refractivity contribution < 1.29 is 22.3 Å². The molecule has 0 amide bonds. The molecule has 3 heterocycles. The number of hydrogen-bond donors (Lipinski definition) is 1. The molecule has 2 fully saturated rings. The highest BCUT2D eigenvalue weighted by molar-refractivity contribution is 7.89. The van der Waals surface area contributed by atoms with Gasteiger partial charge in [-0.05, 0) is 44.0 Å². The van der Waals surface area contributed by atoms with Gasteiger partial charge in [-0.1, -0.05) is 12.1 Å². The number of nitrogens with one attached hydrogen (secondary N) is 1. The summed E-state index contributed by atoms with van der Waals surface area (Å²) in [6.07, 6.45) is 2.26. The van der Waals surface area contributed by atoms with Crippen LogP contribution in [0.5, 0.6) is 0 Å². The van der Waals surface area contributed by atoms with E-state index in [1.54, 1.807) is 25.1 Å². The topological polar surface area (TPSA) is 88.6 Å². The Balaban J connectivity index is 1.69. The molecule has 0 spiro atoms. The molecule has 2 unspecified atom stereocenters. The molecule has 2 bridgehead atoms. The smallest absolute Gasteiger partial charge is 0.328 e. The van der Waals surface area contributed by atoms with Crippen LogP contribution in [0.2, 0.25) is 0 Å². The summed E-state index contributed by atoms with van der Waals surface area (Å²) in [5, 5.41) is 3.16. The number of pyridine rings is 1. The van der Waals surface area contributed by atoms with Crippen molar-refractivity contribution in [3.63, 3.8) is 0 Å². The summed E-state index contributed by atoms with van der Waals surface area (Å²) in [5.74, 6) is -0.919. The Kier molecular flexibility index (Phi) is 5.14. The number of piperazine rings is 1. The molecule has 4 rings (SSSR count). The van der Waals surface area contributed by atoms with Gasteiger partial charge >= 0.3 is 5.97 Å². The summed E-state index contributed by atoms with van der Waals surface area (Å²) in [6, 6.07) is 8.61. The molecule has 9 heteroatoms. The quantitative estimate of drug-likeness (QED) is 0.746. The van der Waals surface area contributed by atoms with Crippen LogP contribution in [0.25, 0.3) is 11.3 Å². The Morgan fingerprint density at radius 1 is 1.38 bits per heavy atom. The van der Waals surface area contributed by atoms with E-state index in [2.05, 4.69) is 10.3 Å². The largest absolute Gasteiger partial charge is 0.465 e. The maximum Gasteiger partial charge on any atom is 0.328 e. The van der Waals surface area contributed by atoms with Crippen molar-refractivity contribution >= 4 is 16.0 Å². The fourth-order valence-corrected chi connectivity index (χ4v) is 6.12. The van der Waals surface area contributed by atoms with E-state index in [0.29, 0.717) is 30.6 Å². The van der Waals surface area contributed by atoms with Crippen LogP contribution in [0.1, 0.15) is 19.8 Å². The molecule has 1 N–H and O–H groups in total. The Bertz CT molecular complexity index is 1020. The van der Waals surface area contributed by atoms with E-state index in [-0.39, 0.29) is 24.1 Å². The number of benzene rings is 1. The minimum atomic E-state index is -3.97. The second kappa shape index (κ2) is 7.47. The third-order valence-electron chi connectivity index (χ3n) is 5.51. The van der Waals surface area contributed by atoms with Gasteiger partial charge in [-0.25, -0.2) is 17.6 Å². The lowest BCUT2D eigenvalue weighted by molar-refractivity contribution is -0.154. The van der Waals surface area contributed by atoms with Crippen molar-refractivity contribution in [1.82, 2.24) is 14.6 Å². The van der Waals surface area contributed by atoms with Gasteiger partial charge in [0.1, 0.15) is 16.3 Å². The van der Waals surface area contributed by atoms with Crippen LogP contribution < -0.4 is 5.32 Å². The van der Waals surface area contributed by atoms with Gasteiger partial charge in [0.25, 0.3) is 0 Å². The number of aromatic nitrogens is 1. The van der Waals surface area contributed by atoms with Gasteiger partial charge in [0.05, 0.1) is 12.3 Å². The van der Waals surface area contributed by atoms with Crippen molar-refractivity contribution in [1.29, 1.82) is 0 Å². The molecule has 0 radical (unpaired) electrons. The van der Waals surface area contributed by atoms with Crippen LogP contribution >= 0.6 is 0 Å². The van der Waals surface area contributed by atoms with Gasteiger partial charge in [-0.2, -0.15) is 4.31 Å². The molecule has 2 aromatic rings. The van der Waals surface area contributed by atoms with Crippen LogP contribution in [0.3, 0.4) is 0 Å². The average Bonchev–Trinajstić information content (AvgIpc) is 2.96. The van der Waals surface area contributed by atoms with E-state index in [4.69, 9.17) is 4.74 Å². The van der Waals surface area contributed by atoms with Gasteiger partial charge < -0.3 is 10.1 Å². The zero-order chi connectivity index (χ0) is 20.6. The van der Waals surface area contributed by atoms with Gasteiger partial charge in [0.2, 0.25) is 10.0 Å². The van der Waals surface area contributed by atoms with Crippen molar-refractivity contribution in [3.8, 4) is 11.3 Å². The fraction of sp³-hybridized carbons (Fsp3) is 0.400. The summed E-state index contributed by atoms with van der Waals surface area (Å²) in [4.78, 5) is 16.9. The van der Waals surface area contributed by atoms with Crippen LogP contribution in [0, 0.1) is 5.82 Å². The molecular formula is C20H22FN3O4S. The van der Waals surface area contributed by atoms with Crippen molar-refractivity contribution in [2.75, 3.05) is 19.7 Å². The highest BCUT2D eigenvalue weighted by Crippen LogP contribution is 2.41. The third kappa shape index (κ3) is 3.33. The lowest BCUT2D eigenvalue weighted by Crippen LogP contribution is -2.66. The predicted molar refractivity (Wildman–Crippen MR) is 104 cm³/mol. The Morgan fingerprint density at radius 2 is 2.21 bits per heavy atom. The van der Waals surface area contributed by atoms with E-state index in [1.165, 1.54) is 28.7 Å². The van der Waals surface area contributed by atoms with E-state index in [9.17, 15) is 17.6 Å². The number of halogens is 1. The summed E-state index contributed by atoms with van der Waals surface area (Å²) in [5.41, 5.74) is -0.218. The van der Waals surface area contributed by atoms with Crippen LogP contribution in [-0.4, -0.2) is 55.0 Å². The molecule has 2 saturated heterocycles. The van der Waals surface area contributed by atoms with Crippen LogP contribution in [0.4, 0.5) is 4.39 Å². The number of sulfonamides is 1. The average molecular weight is 419 g/mol. The first-order valence-electron chi connectivity index (χ1n) is 9.53. The number of esters is 1. The number of hydrogen-bond acceptors (Lipinski definition) is 6. The molecule has 29 heavy (non-hydrogen) atoms. The number of nitrogens with zero attached hydrogens (tertiary/aromatic N) is 2. The maximum absolute atomic E-state index is 13.5. The zero-order valence-corrected chi connectivity index (χ0v) is 16.8. The summed E-state index contributed by atoms with van der Waals surface area (Å²) in [6.45, 7) is 2.58. The van der Waals surface area contributed by atoms with Crippen molar-refractivity contribution in [2.45, 2.75) is 36.2 Å². The normalized spacial score (nSPS) is 24.4. The summed E-state index contributed by atoms with van der Waals surface area (Å²) >= 11 is 0. The minimum Gasteiger partial charge on any atom is -0.465 e. The molecule has 0 aliphatic carbocycles. The summed E-state index contributed by atoms with van der Waals surface area (Å²) < 4.78 is 46.9. The van der Waals surface area contributed by atoms with E-state index in [0.717, 1.165) is 0 Å². The van der Waals surface area contributed by atoms with Crippen LogP contribution in [-0.2, 0) is 19.6 Å². The first-order valence-corrected chi connectivity index (χ1v) is 11.0. The van der Waals surface area contributed by atoms with E-state index >= 15 is 0 Å². The molecule has 2 aliphatic rings. The lowest BCUT2D eigenvalue weighted by atomic mass is 9.98. The minimum absolute atomic E-state index is 0.000117. The van der Waals surface area contributed by atoms with Crippen LogP contribution in [0.15, 0.2) is 47.5 Å². The summed E-state index contributed by atoms with van der Waals surface area (Å²) in [7, 11) is -3.97. The SMILES string of the molecule is CCOC(=O)C12CCC(CNC1)N2S(=O)(=O)c1ccc(-c2cccc(F)c2)nc1. The number of rotatable bonds is 5. The Labute approximate surface area is 168 Å². The van der Waals surface area contributed by atoms with Gasteiger partial charge in [-0.3, -0.25) is 4.98 Å². The molecule has 2 aliphatic heterocycles. The highest BCUT2D eigenvalue weighted by atomic mass is 32.2. The predicted octanol–water partition coefficient (Wildman–Crippen LogP) is 1.95. The Morgan fingerprint density at radius 3 is 2.90 bits per heavy atom.